The summed E-state index contributed by atoms with van der Waals surface area (Å²) in [5.41, 5.74) is 7.92. The first-order valence-electron chi connectivity index (χ1n) is 10.9. The Morgan fingerprint density at radius 2 is 2.03 bits per heavy atom. The summed E-state index contributed by atoms with van der Waals surface area (Å²) in [6, 6.07) is 0. The molecule has 4 heterocycles. The van der Waals surface area contributed by atoms with Gasteiger partial charge in [0.05, 0.1) is 18.7 Å². The zero-order valence-electron chi connectivity index (χ0n) is 19.2. The minimum atomic E-state index is -0.464. The molecule has 4 N–H and O–H groups in total. The van der Waals surface area contributed by atoms with E-state index in [9.17, 15) is 4.79 Å². The predicted molar refractivity (Wildman–Crippen MR) is 127 cm³/mol. The number of anilines is 2. The van der Waals surface area contributed by atoms with Crippen molar-refractivity contribution in [3.8, 4) is 5.88 Å². The summed E-state index contributed by atoms with van der Waals surface area (Å²) >= 11 is 1.30. The maximum Gasteiger partial charge on any atom is 0.240 e. The number of likely N-dealkylation sites (tertiary alicyclic amines) is 1. The molecular formula is C21H29N9O2S. The number of hydrogen-bond donors (Lipinski definition) is 3. The molecule has 3 aromatic heterocycles. The van der Waals surface area contributed by atoms with Crippen molar-refractivity contribution in [1.29, 1.82) is 0 Å². The molecule has 1 aliphatic heterocycles. The van der Waals surface area contributed by atoms with Gasteiger partial charge in [-0.15, -0.1) is 0 Å². The van der Waals surface area contributed by atoms with E-state index in [2.05, 4.69) is 47.2 Å². The number of fused-ring (bicyclic) bond motifs is 1. The zero-order valence-corrected chi connectivity index (χ0v) is 20.0. The molecule has 11 nitrogen and oxygen atoms in total. The first kappa shape index (κ1) is 23.2. The fourth-order valence-corrected chi connectivity index (χ4v) is 4.99. The van der Waals surface area contributed by atoms with Crippen LogP contribution in [-0.4, -0.2) is 73.2 Å². The quantitative estimate of drug-likeness (QED) is 0.346. The third kappa shape index (κ3) is 5.17. The van der Waals surface area contributed by atoms with Gasteiger partial charge in [-0.2, -0.15) is 9.97 Å². The van der Waals surface area contributed by atoms with Crippen LogP contribution < -0.4 is 15.8 Å². The molecule has 0 bridgehead atoms. The summed E-state index contributed by atoms with van der Waals surface area (Å²) in [5, 5.41) is 2.95. The molecule has 1 fully saturated rings. The summed E-state index contributed by atoms with van der Waals surface area (Å²) in [6.45, 7) is 5.99. The van der Waals surface area contributed by atoms with E-state index in [0.29, 0.717) is 28.0 Å². The molecule has 0 aliphatic carbocycles. The zero-order chi connectivity index (χ0) is 23.5. The number of nitrogens with zero attached hydrogens (tertiary/aromatic N) is 6. The van der Waals surface area contributed by atoms with Gasteiger partial charge in [0.25, 0.3) is 0 Å². The third-order valence-electron chi connectivity index (χ3n) is 5.74. The van der Waals surface area contributed by atoms with E-state index in [4.69, 9.17) is 10.5 Å². The van der Waals surface area contributed by atoms with Crippen molar-refractivity contribution in [1.82, 2.24) is 34.8 Å². The smallest absolute Gasteiger partial charge is 0.240 e. The van der Waals surface area contributed by atoms with Crippen molar-refractivity contribution >= 4 is 40.7 Å². The molecule has 4 rings (SSSR count). The van der Waals surface area contributed by atoms with Gasteiger partial charge in [-0.25, -0.2) is 15.0 Å². The fourth-order valence-electron chi connectivity index (χ4n) is 3.90. The van der Waals surface area contributed by atoms with Crippen LogP contribution in [0.3, 0.4) is 0 Å². The summed E-state index contributed by atoms with van der Waals surface area (Å²) in [7, 11) is 3.72. The van der Waals surface area contributed by atoms with E-state index in [1.165, 1.54) is 18.1 Å². The number of imidazole rings is 1. The molecule has 176 valence electrons. The molecule has 0 spiro atoms. The fraction of sp³-hybridized carbons (Fsp3) is 0.524. The van der Waals surface area contributed by atoms with E-state index < -0.39 is 5.25 Å². The van der Waals surface area contributed by atoms with Crippen molar-refractivity contribution < 1.29 is 9.53 Å². The molecule has 33 heavy (non-hydrogen) atoms. The highest BCUT2D eigenvalue weighted by Crippen LogP contribution is 2.34. The van der Waals surface area contributed by atoms with Crippen LogP contribution in [0.2, 0.25) is 0 Å². The Labute approximate surface area is 196 Å². The van der Waals surface area contributed by atoms with Gasteiger partial charge in [0, 0.05) is 11.8 Å². The van der Waals surface area contributed by atoms with Crippen LogP contribution in [0, 0.1) is 5.92 Å². The molecule has 1 amide bonds. The first-order valence-corrected chi connectivity index (χ1v) is 11.8. The maximum atomic E-state index is 13.2. The third-order valence-corrected chi connectivity index (χ3v) is 7.27. The second kappa shape index (κ2) is 9.87. The number of aromatic amines is 1. The maximum absolute atomic E-state index is 13.2. The summed E-state index contributed by atoms with van der Waals surface area (Å²) < 4.78 is 5.54. The number of nitrogen functional groups attached to an aromatic ring is 1. The number of nitrogens with two attached hydrogens (primary N) is 1. The number of rotatable bonds is 7. The standard InChI is InChI=1S/C21H29N9O2S/c1-11(2)15(33-19-14-16(25-10-24-14)26-20(22)29-19)17(31)27-21-23-9-13(18(28-21)32-4)12-5-7-30(3)8-6-12/h9-12,15H,5-8H2,1-4H3,(H,23,27,28,31)(H3,22,24,25,26,29)/t15-/m0/s1. The average Bonchev–Trinajstić information content (AvgIpc) is 3.26. The highest BCUT2D eigenvalue weighted by atomic mass is 32.2. The van der Waals surface area contributed by atoms with Crippen LogP contribution >= 0.6 is 11.8 Å². The SMILES string of the molecule is COc1nc(NC(=O)[C@@H](Sc2nc(N)nc3nc[nH]c23)C(C)C)ncc1C1CCN(C)CC1. The molecular weight excluding hydrogens is 442 g/mol. The second-order valence-electron chi connectivity index (χ2n) is 8.50. The first-order chi connectivity index (χ1) is 15.9. The van der Waals surface area contributed by atoms with Crippen molar-refractivity contribution in [2.24, 2.45) is 5.92 Å². The number of amides is 1. The van der Waals surface area contributed by atoms with Crippen LogP contribution in [0.25, 0.3) is 11.2 Å². The lowest BCUT2D eigenvalue weighted by atomic mass is 9.91. The highest BCUT2D eigenvalue weighted by Gasteiger charge is 2.28. The van der Waals surface area contributed by atoms with Gasteiger partial charge >= 0.3 is 0 Å². The number of piperidine rings is 1. The van der Waals surface area contributed by atoms with Gasteiger partial charge in [-0.3, -0.25) is 10.1 Å². The van der Waals surface area contributed by atoms with Crippen molar-refractivity contribution in [2.45, 2.75) is 42.9 Å². The van der Waals surface area contributed by atoms with Gasteiger partial charge in [0.15, 0.2) is 5.65 Å². The summed E-state index contributed by atoms with van der Waals surface area (Å²) in [6.07, 6.45) is 5.35. The number of hydrogen-bond acceptors (Lipinski definition) is 10. The van der Waals surface area contributed by atoms with Crippen molar-refractivity contribution in [2.75, 3.05) is 38.3 Å². The lowest BCUT2D eigenvalue weighted by Crippen LogP contribution is -2.31. The molecule has 0 radical (unpaired) electrons. The second-order valence-corrected chi connectivity index (χ2v) is 9.63. The largest absolute Gasteiger partial charge is 0.481 e. The van der Waals surface area contributed by atoms with E-state index in [1.807, 2.05) is 13.8 Å². The van der Waals surface area contributed by atoms with Crippen molar-refractivity contribution in [3.05, 3.63) is 18.1 Å². The van der Waals surface area contributed by atoms with Gasteiger partial charge in [-0.05, 0) is 44.8 Å². The minimum Gasteiger partial charge on any atom is -0.481 e. The highest BCUT2D eigenvalue weighted by molar-refractivity contribution is 8.00. The van der Waals surface area contributed by atoms with E-state index in [0.717, 1.165) is 31.5 Å². The van der Waals surface area contributed by atoms with Crippen LogP contribution in [-0.2, 0) is 4.79 Å². The van der Waals surface area contributed by atoms with Gasteiger partial charge < -0.3 is 20.4 Å². The number of aromatic nitrogens is 6. The molecule has 12 heteroatoms. The van der Waals surface area contributed by atoms with Gasteiger partial charge in [-0.1, -0.05) is 25.6 Å². The molecule has 0 aromatic carbocycles. The van der Waals surface area contributed by atoms with E-state index in [-0.39, 0.29) is 23.7 Å². The van der Waals surface area contributed by atoms with Crippen molar-refractivity contribution in [3.63, 3.8) is 0 Å². The minimum absolute atomic E-state index is 0.00422. The average molecular weight is 472 g/mol. The van der Waals surface area contributed by atoms with Crippen LogP contribution in [0.4, 0.5) is 11.9 Å². The number of carbonyl (C=O) groups is 1. The summed E-state index contributed by atoms with van der Waals surface area (Å²) in [4.78, 5) is 40.0. The summed E-state index contributed by atoms with van der Waals surface area (Å²) in [5.74, 6) is 0.955. The number of H-pyrrole nitrogens is 1. The molecule has 0 saturated carbocycles. The molecule has 1 aliphatic rings. The predicted octanol–water partition coefficient (Wildman–Crippen LogP) is 2.30. The number of thioether (sulfide) groups is 1. The van der Waals surface area contributed by atoms with Crippen LogP contribution in [0.5, 0.6) is 5.88 Å². The Balaban J connectivity index is 1.52. The lowest BCUT2D eigenvalue weighted by molar-refractivity contribution is -0.116. The normalized spacial score (nSPS) is 16.3. The Bertz CT molecular complexity index is 1130. The van der Waals surface area contributed by atoms with Gasteiger partial charge in [0.1, 0.15) is 10.5 Å². The Kier molecular flexibility index (Phi) is 6.94. The Morgan fingerprint density at radius 1 is 1.27 bits per heavy atom. The Morgan fingerprint density at radius 3 is 2.73 bits per heavy atom. The lowest BCUT2D eigenvalue weighted by Gasteiger charge is -2.29. The van der Waals surface area contributed by atoms with Gasteiger partial charge in [0.2, 0.25) is 23.7 Å². The Hall–Kier alpha value is -2.99. The van der Waals surface area contributed by atoms with E-state index in [1.54, 1.807) is 13.3 Å². The topological polar surface area (TPSA) is 148 Å². The molecule has 3 aromatic rings. The number of nitrogens with one attached hydrogen (secondary N) is 2. The van der Waals surface area contributed by atoms with E-state index >= 15 is 0 Å². The van der Waals surface area contributed by atoms with Crippen LogP contribution in [0.15, 0.2) is 17.6 Å². The number of methoxy groups -OCH3 is 1. The molecule has 1 saturated heterocycles. The number of ether oxygens (including phenoxy) is 1. The number of carbonyl (C=O) groups excluding carboxylic acids is 1. The monoisotopic (exact) mass is 471 g/mol. The van der Waals surface area contributed by atoms with Crippen LogP contribution in [0.1, 0.15) is 38.2 Å². The molecule has 0 unspecified atom stereocenters. The molecule has 1 atom stereocenters.